The summed E-state index contributed by atoms with van der Waals surface area (Å²) in [5.74, 6) is 0. The third kappa shape index (κ3) is 1.94. The van der Waals surface area contributed by atoms with Crippen molar-refractivity contribution in [2.45, 2.75) is 13.8 Å². The number of rotatable bonds is 2. The van der Waals surface area contributed by atoms with Crippen LogP contribution in [0.3, 0.4) is 0 Å². The molecule has 1 heteroatoms. The molecule has 0 unspecified atom stereocenters. The number of hydrogen-bond acceptors (Lipinski definition) is 1. The second kappa shape index (κ2) is 4.40. The SMILES string of the molecule is CNc1ccc(-c2ccccc2C)cc1C. The van der Waals surface area contributed by atoms with Gasteiger partial charge < -0.3 is 5.32 Å². The van der Waals surface area contributed by atoms with Crippen LogP contribution in [-0.4, -0.2) is 7.05 Å². The second-order valence-electron chi connectivity index (χ2n) is 4.09. The summed E-state index contributed by atoms with van der Waals surface area (Å²) in [6.07, 6.45) is 0. The molecule has 0 bridgehead atoms. The quantitative estimate of drug-likeness (QED) is 0.791. The van der Waals surface area contributed by atoms with E-state index in [-0.39, 0.29) is 0 Å². The molecule has 0 aliphatic heterocycles. The van der Waals surface area contributed by atoms with Crippen molar-refractivity contribution in [3.05, 3.63) is 53.6 Å². The van der Waals surface area contributed by atoms with E-state index in [0.29, 0.717) is 0 Å². The first-order valence-electron chi connectivity index (χ1n) is 5.57. The van der Waals surface area contributed by atoms with Crippen LogP contribution in [0.4, 0.5) is 5.69 Å². The van der Waals surface area contributed by atoms with Crippen molar-refractivity contribution in [3.8, 4) is 11.1 Å². The molecule has 2 aromatic rings. The Hall–Kier alpha value is -1.76. The highest BCUT2D eigenvalue weighted by molar-refractivity contribution is 5.70. The van der Waals surface area contributed by atoms with Crippen molar-refractivity contribution in [1.82, 2.24) is 0 Å². The Kier molecular flexibility index (Phi) is 2.95. The van der Waals surface area contributed by atoms with Gasteiger partial charge in [0.05, 0.1) is 0 Å². The lowest BCUT2D eigenvalue weighted by Gasteiger charge is -2.10. The highest BCUT2D eigenvalue weighted by Gasteiger charge is 2.02. The minimum atomic E-state index is 1.19. The summed E-state index contributed by atoms with van der Waals surface area (Å²) < 4.78 is 0. The zero-order chi connectivity index (χ0) is 11.5. The van der Waals surface area contributed by atoms with Crippen LogP contribution in [0.25, 0.3) is 11.1 Å². The molecule has 82 valence electrons. The monoisotopic (exact) mass is 211 g/mol. The molecule has 0 amide bonds. The Morgan fingerprint density at radius 3 is 2.25 bits per heavy atom. The Morgan fingerprint density at radius 1 is 0.875 bits per heavy atom. The van der Waals surface area contributed by atoms with Gasteiger partial charge in [-0.2, -0.15) is 0 Å². The lowest BCUT2D eigenvalue weighted by atomic mass is 9.98. The van der Waals surface area contributed by atoms with E-state index in [4.69, 9.17) is 0 Å². The molecule has 0 aliphatic rings. The molecule has 0 aromatic heterocycles. The molecule has 0 aliphatic carbocycles. The van der Waals surface area contributed by atoms with Crippen LogP contribution in [0.1, 0.15) is 11.1 Å². The van der Waals surface area contributed by atoms with E-state index < -0.39 is 0 Å². The van der Waals surface area contributed by atoms with Crippen LogP contribution in [-0.2, 0) is 0 Å². The number of benzene rings is 2. The number of aryl methyl sites for hydroxylation is 2. The number of anilines is 1. The van der Waals surface area contributed by atoms with Crippen molar-refractivity contribution in [1.29, 1.82) is 0 Å². The molecule has 16 heavy (non-hydrogen) atoms. The second-order valence-corrected chi connectivity index (χ2v) is 4.09. The first-order chi connectivity index (χ1) is 7.72. The molecule has 0 spiro atoms. The fourth-order valence-electron chi connectivity index (χ4n) is 2.01. The van der Waals surface area contributed by atoms with Crippen LogP contribution in [0.5, 0.6) is 0 Å². The normalized spacial score (nSPS) is 10.2. The summed E-state index contributed by atoms with van der Waals surface area (Å²) in [6.45, 7) is 4.28. The number of hydrogen-bond donors (Lipinski definition) is 1. The summed E-state index contributed by atoms with van der Waals surface area (Å²) in [7, 11) is 1.95. The van der Waals surface area contributed by atoms with Gasteiger partial charge in [-0.05, 0) is 48.2 Å². The Bertz CT molecular complexity index is 501. The standard InChI is InChI=1S/C15H17N/c1-11-6-4-5-7-14(11)13-8-9-15(16-3)12(2)10-13/h4-10,16H,1-3H3. The van der Waals surface area contributed by atoms with Crippen molar-refractivity contribution < 1.29 is 0 Å². The zero-order valence-corrected chi connectivity index (χ0v) is 10.0. The molecule has 0 atom stereocenters. The van der Waals surface area contributed by atoms with Gasteiger partial charge in [0, 0.05) is 12.7 Å². The fourth-order valence-corrected chi connectivity index (χ4v) is 2.01. The summed E-state index contributed by atoms with van der Waals surface area (Å²) >= 11 is 0. The molecule has 0 saturated carbocycles. The van der Waals surface area contributed by atoms with Gasteiger partial charge in [0.1, 0.15) is 0 Å². The van der Waals surface area contributed by atoms with E-state index >= 15 is 0 Å². The Morgan fingerprint density at radius 2 is 1.62 bits per heavy atom. The molecular weight excluding hydrogens is 194 g/mol. The van der Waals surface area contributed by atoms with Crippen LogP contribution in [0.15, 0.2) is 42.5 Å². The minimum absolute atomic E-state index is 1.19. The van der Waals surface area contributed by atoms with Crippen molar-refractivity contribution in [2.75, 3.05) is 12.4 Å². The van der Waals surface area contributed by atoms with Gasteiger partial charge in [0.2, 0.25) is 0 Å². The highest BCUT2D eigenvalue weighted by atomic mass is 14.8. The van der Waals surface area contributed by atoms with Crippen LogP contribution < -0.4 is 5.32 Å². The molecule has 1 N–H and O–H groups in total. The van der Waals surface area contributed by atoms with Gasteiger partial charge >= 0.3 is 0 Å². The molecule has 0 radical (unpaired) electrons. The predicted octanol–water partition coefficient (Wildman–Crippen LogP) is 4.01. The molecule has 2 aromatic carbocycles. The Labute approximate surface area is 97.1 Å². The van der Waals surface area contributed by atoms with Crippen molar-refractivity contribution in [2.24, 2.45) is 0 Å². The van der Waals surface area contributed by atoms with E-state index in [1.165, 1.54) is 27.9 Å². The lowest BCUT2D eigenvalue weighted by molar-refractivity contribution is 1.39. The van der Waals surface area contributed by atoms with Gasteiger partial charge in [-0.25, -0.2) is 0 Å². The maximum Gasteiger partial charge on any atom is 0.0367 e. The summed E-state index contributed by atoms with van der Waals surface area (Å²) in [5.41, 5.74) is 6.39. The van der Waals surface area contributed by atoms with Crippen LogP contribution >= 0.6 is 0 Å². The summed E-state index contributed by atoms with van der Waals surface area (Å²) in [4.78, 5) is 0. The molecule has 0 heterocycles. The van der Waals surface area contributed by atoms with E-state index in [2.05, 4.69) is 61.6 Å². The zero-order valence-electron chi connectivity index (χ0n) is 10.0. The summed E-state index contributed by atoms with van der Waals surface area (Å²) in [5, 5.41) is 3.19. The fraction of sp³-hybridized carbons (Fsp3) is 0.200. The van der Waals surface area contributed by atoms with Gasteiger partial charge in [-0.3, -0.25) is 0 Å². The lowest BCUT2D eigenvalue weighted by Crippen LogP contribution is -1.92. The predicted molar refractivity (Wildman–Crippen MR) is 70.9 cm³/mol. The topological polar surface area (TPSA) is 12.0 Å². The molecule has 2 rings (SSSR count). The molecule has 0 saturated heterocycles. The number of nitrogens with one attached hydrogen (secondary N) is 1. The molecular formula is C15H17N. The summed E-state index contributed by atoms with van der Waals surface area (Å²) in [6, 6.07) is 15.0. The largest absolute Gasteiger partial charge is 0.388 e. The van der Waals surface area contributed by atoms with E-state index in [9.17, 15) is 0 Å². The maximum absolute atomic E-state index is 3.19. The highest BCUT2D eigenvalue weighted by Crippen LogP contribution is 2.26. The van der Waals surface area contributed by atoms with Gasteiger partial charge in [-0.15, -0.1) is 0 Å². The average Bonchev–Trinajstić information content (AvgIpc) is 2.29. The minimum Gasteiger partial charge on any atom is -0.388 e. The van der Waals surface area contributed by atoms with Gasteiger partial charge in [-0.1, -0.05) is 30.3 Å². The first kappa shape index (κ1) is 10.7. The maximum atomic E-state index is 3.19. The van der Waals surface area contributed by atoms with Crippen LogP contribution in [0.2, 0.25) is 0 Å². The van der Waals surface area contributed by atoms with Crippen molar-refractivity contribution in [3.63, 3.8) is 0 Å². The van der Waals surface area contributed by atoms with Crippen LogP contribution in [0, 0.1) is 13.8 Å². The third-order valence-corrected chi connectivity index (χ3v) is 2.95. The van der Waals surface area contributed by atoms with E-state index in [1.807, 2.05) is 7.05 Å². The first-order valence-corrected chi connectivity index (χ1v) is 5.57. The Balaban J connectivity index is 2.50. The molecule has 1 nitrogen and oxygen atoms in total. The average molecular weight is 211 g/mol. The third-order valence-electron chi connectivity index (χ3n) is 2.95. The smallest absolute Gasteiger partial charge is 0.0367 e. The molecule has 0 fully saturated rings. The van der Waals surface area contributed by atoms with Gasteiger partial charge in [0.15, 0.2) is 0 Å². The van der Waals surface area contributed by atoms with E-state index in [1.54, 1.807) is 0 Å². The van der Waals surface area contributed by atoms with Gasteiger partial charge in [0.25, 0.3) is 0 Å². The van der Waals surface area contributed by atoms with Crippen molar-refractivity contribution >= 4 is 5.69 Å². The van der Waals surface area contributed by atoms with E-state index in [0.717, 1.165) is 0 Å².